The quantitative estimate of drug-likeness (QED) is 0.931. The number of carbonyl (C=O) groups is 1. The van der Waals surface area contributed by atoms with E-state index in [0.29, 0.717) is 13.1 Å². The Bertz CT molecular complexity index is 754. The van der Waals surface area contributed by atoms with Crippen molar-refractivity contribution in [2.75, 3.05) is 13.1 Å². The van der Waals surface area contributed by atoms with Crippen molar-refractivity contribution in [1.82, 2.24) is 25.0 Å². The molecule has 1 aliphatic carbocycles. The molecule has 0 bridgehead atoms. The molecule has 1 atom stereocenters. The fraction of sp³-hybridized carbons (Fsp3) is 0.500. The third-order valence-corrected chi connectivity index (χ3v) is 5.09. The first kappa shape index (κ1) is 15.3. The standard InChI is InChI=1S/C18H23N5O/c1-13-20-21-17-11-22(9-10-23(13)17)12-18(24)19-16-8-4-6-14-5-2-3-7-15(14)16/h2-3,5,7,16H,4,6,8-12H2,1H3,(H,19,24)/t16-/m1/s1. The van der Waals surface area contributed by atoms with E-state index in [1.807, 2.05) is 6.92 Å². The van der Waals surface area contributed by atoms with E-state index in [2.05, 4.69) is 49.2 Å². The summed E-state index contributed by atoms with van der Waals surface area (Å²) in [4.78, 5) is 14.7. The Morgan fingerprint density at radius 1 is 1.29 bits per heavy atom. The van der Waals surface area contributed by atoms with Gasteiger partial charge in [0.25, 0.3) is 0 Å². The lowest BCUT2D eigenvalue weighted by Gasteiger charge is -2.29. The van der Waals surface area contributed by atoms with E-state index < -0.39 is 0 Å². The van der Waals surface area contributed by atoms with Crippen LogP contribution in [0.25, 0.3) is 0 Å². The summed E-state index contributed by atoms with van der Waals surface area (Å²) in [5.41, 5.74) is 2.65. The van der Waals surface area contributed by atoms with E-state index in [1.54, 1.807) is 0 Å². The lowest BCUT2D eigenvalue weighted by Crippen LogP contribution is -2.43. The van der Waals surface area contributed by atoms with Crippen molar-refractivity contribution < 1.29 is 4.79 Å². The SMILES string of the molecule is Cc1nnc2n1CCN(CC(=O)N[C@@H]1CCCc3ccccc31)C2. The largest absolute Gasteiger partial charge is 0.348 e. The number of hydrogen-bond acceptors (Lipinski definition) is 4. The summed E-state index contributed by atoms with van der Waals surface area (Å²) in [5, 5.41) is 11.5. The molecule has 4 rings (SSSR count). The predicted molar refractivity (Wildman–Crippen MR) is 90.3 cm³/mol. The average molecular weight is 325 g/mol. The van der Waals surface area contributed by atoms with Gasteiger partial charge < -0.3 is 9.88 Å². The molecule has 0 fully saturated rings. The van der Waals surface area contributed by atoms with Crippen molar-refractivity contribution in [3.05, 3.63) is 47.0 Å². The van der Waals surface area contributed by atoms with Crippen molar-refractivity contribution in [2.45, 2.75) is 45.3 Å². The zero-order chi connectivity index (χ0) is 16.5. The summed E-state index contributed by atoms with van der Waals surface area (Å²) in [5.74, 6) is 2.00. The summed E-state index contributed by atoms with van der Waals surface area (Å²) >= 11 is 0. The number of carbonyl (C=O) groups excluding carboxylic acids is 1. The van der Waals surface area contributed by atoms with Crippen molar-refractivity contribution in [3.63, 3.8) is 0 Å². The van der Waals surface area contributed by atoms with Gasteiger partial charge in [-0.25, -0.2) is 0 Å². The lowest BCUT2D eigenvalue weighted by atomic mass is 9.88. The Labute approximate surface area is 141 Å². The maximum absolute atomic E-state index is 12.5. The highest BCUT2D eigenvalue weighted by atomic mass is 16.2. The molecule has 0 saturated heterocycles. The molecule has 0 radical (unpaired) electrons. The summed E-state index contributed by atoms with van der Waals surface area (Å²) in [6, 6.07) is 8.61. The number of aromatic nitrogens is 3. The number of rotatable bonds is 3. The van der Waals surface area contributed by atoms with E-state index in [4.69, 9.17) is 0 Å². The molecule has 24 heavy (non-hydrogen) atoms. The number of amides is 1. The first-order valence-electron chi connectivity index (χ1n) is 8.69. The molecule has 1 amide bonds. The number of aryl methyl sites for hydroxylation is 2. The number of fused-ring (bicyclic) bond motifs is 2. The predicted octanol–water partition coefficient (Wildman–Crippen LogP) is 1.60. The first-order valence-corrected chi connectivity index (χ1v) is 8.69. The van der Waals surface area contributed by atoms with Gasteiger partial charge in [0.2, 0.25) is 5.91 Å². The number of nitrogens with zero attached hydrogens (tertiary/aromatic N) is 4. The van der Waals surface area contributed by atoms with Crippen LogP contribution >= 0.6 is 0 Å². The normalized spacial score (nSPS) is 20.3. The maximum Gasteiger partial charge on any atom is 0.234 e. The third-order valence-electron chi connectivity index (χ3n) is 5.09. The first-order chi connectivity index (χ1) is 11.7. The van der Waals surface area contributed by atoms with Gasteiger partial charge in [-0.15, -0.1) is 10.2 Å². The summed E-state index contributed by atoms with van der Waals surface area (Å²) in [6.45, 7) is 4.80. The van der Waals surface area contributed by atoms with Gasteiger partial charge in [-0.05, 0) is 37.3 Å². The molecule has 2 aliphatic rings. The molecule has 1 aromatic carbocycles. The van der Waals surface area contributed by atoms with Gasteiger partial charge in [0.1, 0.15) is 11.6 Å². The zero-order valence-electron chi connectivity index (χ0n) is 14.0. The molecular formula is C18H23N5O. The Morgan fingerprint density at radius 3 is 3.08 bits per heavy atom. The molecule has 2 aromatic rings. The van der Waals surface area contributed by atoms with Crippen LogP contribution in [-0.2, 0) is 24.3 Å². The summed E-state index contributed by atoms with van der Waals surface area (Å²) < 4.78 is 2.13. The van der Waals surface area contributed by atoms with Crippen molar-refractivity contribution >= 4 is 5.91 Å². The second-order valence-corrected chi connectivity index (χ2v) is 6.74. The zero-order valence-corrected chi connectivity index (χ0v) is 14.0. The van der Waals surface area contributed by atoms with Crippen LogP contribution in [0.1, 0.15) is 41.7 Å². The Morgan fingerprint density at radius 2 is 2.17 bits per heavy atom. The summed E-state index contributed by atoms with van der Waals surface area (Å²) in [6.07, 6.45) is 3.27. The van der Waals surface area contributed by atoms with Gasteiger partial charge in [0, 0.05) is 13.1 Å². The minimum Gasteiger partial charge on any atom is -0.348 e. The van der Waals surface area contributed by atoms with E-state index in [1.165, 1.54) is 11.1 Å². The molecule has 0 spiro atoms. The average Bonchev–Trinajstić information content (AvgIpc) is 2.96. The van der Waals surface area contributed by atoms with Gasteiger partial charge in [-0.3, -0.25) is 9.69 Å². The highest BCUT2D eigenvalue weighted by Gasteiger charge is 2.24. The molecule has 6 nitrogen and oxygen atoms in total. The fourth-order valence-corrected chi connectivity index (χ4v) is 3.84. The molecule has 0 unspecified atom stereocenters. The molecule has 1 aliphatic heterocycles. The van der Waals surface area contributed by atoms with Crippen molar-refractivity contribution in [3.8, 4) is 0 Å². The topological polar surface area (TPSA) is 63.1 Å². The highest BCUT2D eigenvalue weighted by molar-refractivity contribution is 5.78. The van der Waals surface area contributed by atoms with Gasteiger partial charge in [-0.2, -0.15) is 0 Å². The highest BCUT2D eigenvalue weighted by Crippen LogP contribution is 2.29. The van der Waals surface area contributed by atoms with E-state index in [-0.39, 0.29) is 11.9 Å². The van der Waals surface area contributed by atoms with Crippen molar-refractivity contribution in [2.24, 2.45) is 0 Å². The molecule has 6 heteroatoms. The van der Waals surface area contributed by atoms with Crippen LogP contribution in [0.4, 0.5) is 0 Å². The van der Waals surface area contributed by atoms with Gasteiger partial charge >= 0.3 is 0 Å². The Balaban J connectivity index is 1.38. The second kappa shape index (κ2) is 6.36. The van der Waals surface area contributed by atoms with E-state index in [9.17, 15) is 4.79 Å². The molecule has 126 valence electrons. The third kappa shape index (κ3) is 2.94. The summed E-state index contributed by atoms with van der Waals surface area (Å²) in [7, 11) is 0. The van der Waals surface area contributed by atoms with Gasteiger partial charge in [0.15, 0.2) is 0 Å². The van der Waals surface area contributed by atoms with Crippen LogP contribution < -0.4 is 5.32 Å². The minimum atomic E-state index is 0.0985. The van der Waals surface area contributed by atoms with E-state index in [0.717, 1.165) is 44.0 Å². The van der Waals surface area contributed by atoms with E-state index >= 15 is 0 Å². The molecule has 0 saturated carbocycles. The molecule has 1 N–H and O–H groups in total. The monoisotopic (exact) mass is 325 g/mol. The van der Waals surface area contributed by atoms with Gasteiger partial charge in [0.05, 0.1) is 19.1 Å². The van der Waals surface area contributed by atoms with Crippen LogP contribution in [0.3, 0.4) is 0 Å². The number of nitrogens with one attached hydrogen (secondary N) is 1. The molecule has 2 heterocycles. The van der Waals surface area contributed by atoms with Crippen LogP contribution in [0.5, 0.6) is 0 Å². The number of hydrogen-bond donors (Lipinski definition) is 1. The van der Waals surface area contributed by atoms with Crippen molar-refractivity contribution in [1.29, 1.82) is 0 Å². The van der Waals surface area contributed by atoms with Crippen LogP contribution in [0.2, 0.25) is 0 Å². The van der Waals surface area contributed by atoms with Gasteiger partial charge in [-0.1, -0.05) is 24.3 Å². The maximum atomic E-state index is 12.5. The van der Waals surface area contributed by atoms with Crippen LogP contribution in [0, 0.1) is 6.92 Å². The number of benzene rings is 1. The Kier molecular flexibility index (Phi) is 4.06. The Hall–Kier alpha value is -2.21. The minimum absolute atomic E-state index is 0.0985. The lowest BCUT2D eigenvalue weighted by molar-refractivity contribution is -0.123. The smallest absolute Gasteiger partial charge is 0.234 e. The fourth-order valence-electron chi connectivity index (χ4n) is 3.84. The van der Waals surface area contributed by atoms with Crippen LogP contribution in [0.15, 0.2) is 24.3 Å². The second-order valence-electron chi connectivity index (χ2n) is 6.74. The molecule has 1 aromatic heterocycles. The van der Waals surface area contributed by atoms with Crippen LogP contribution in [-0.4, -0.2) is 38.7 Å². The molecular weight excluding hydrogens is 302 g/mol.